The predicted molar refractivity (Wildman–Crippen MR) is 102 cm³/mol. The number of hydrogen-bond acceptors (Lipinski definition) is 6. The number of carbonyl (C=O) groups excluding carboxylic acids is 3. The fraction of sp³-hybridized carbons (Fsp3) is 0.200. The summed E-state index contributed by atoms with van der Waals surface area (Å²) < 4.78 is 10.0. The van der Waals surface area contributed by atoms with Gasteiger partial charge in [-0.3, -0.25) is 14.9 Å². The summed E-state index contributed by atoms with van der Waals surface area (Å²) in [6, 6.07) is 11.8. The number of anilines is 1. The van der Waals surface area contributed by atoms with Gasteiger partial charge in [0.15, 0.2) is 12.2 Å². The van der Waals surface area contributed by atoms with Crippen LogP contribution in [-0.2, 0) is 20.7 Å². The monoisotopic (exact) mass is 381 g/mol. The van der Waals surface area contributed by atoms with Crippen LogP contribution in [0.3, 0.4) is 0 Å². The Hall–Kier alpha value is -3.68. The van der Waals surface area contributed by atoms with Gasteiger partial charge in [-0.25, -0.2) is 4.79 Å². The first kappa shape index (κ1) is 19.1. The van der Waals surface area contributed by atoms with Gasteiger partial charge < -0.3 is 14.6 Å². The van der Waals surface area contributed by atoms with Crippen molar-refractivity contribution in [2.45, 2.75) is 20.3 Å². The molecule has 8 heteroatoms. The summed E-state index contributed by atoms with van der Waals surface area (Å²) >= 11 is 0. The molecule has 0 bridgehead atoms. The highest BCUT2D eigenvalue weighted by atomic mass is 16.5. The molecule has 0 saturated heterocycles. The van der Waals surface area contributed by atoms with E-state index < -0.39 is 24.5 Å². The average molecular weight is 381 g/mol. The van der Waals surface area contributed by atoms with Gasteiger partial charge >= 0.3 is 12.0 Å². The molecule has 0 atom stereocenters. The molecule has 0 spiro atoms. The van der Waals surface area contributed by atoms with Gasteiger partial charge in [-0.2, -0.15) is 0 Å². The van der Waals surface area contributed by atoms with Crippen LogP contribution in [0.15, 0.2) is 47.0 Å². The minimum absolute atomic E-state index is 0.140. The maximum Gasteiger partial charge on any atom is 0.325 e. The van der Waals surface area contributed by atoms with Crippen molar-refractivity contribution in [2.75, 3.05) is 11.9 Å². The van der Waals surface area contributed by atoms with E-state index in [2.05, 4.69) is 15.8 Å². The molecule has 28 heavy (non-hydrogen) atoms. The van der Waals surface area contributed by atoms with Crippen LogP contribution in [0, 0.1) is 13.8 Å². The number of esters is 1. The van der Waals surface area contributed by atoms with Crippen molar-refractivity contribution >= 4 is 34.6 Å². The van der Waals surface area contributed by atoms with E-state index in [0.717, 1.165) is 11.1 Å². The number of fused-ring (bicyclic) bond motifs is 1. The lowest BCUT2D eigenvalue weighted by molar-refractivity contribution is -0.147. The van der Waals surface area contributed by atoms with Gasteiger partial charge in [0.2, 0.25) is 0 Å². The third-order valence-corrected chi connectivity index (χ3v) is 4.15. The number of ether oxygens (including phenoxy) is 1. The third-order valence-electron chi connectivity index (χ3n) is 4.15. The zero-order valence-electron chi connectivity index (χ0n) is 15.4. The van der Waals surface area contributed by atoms with E-state index in [1.54, 1.807) is 36.4 Å². The van der Waals surface area contributed by atoms with Crippen molar-refractivity contribution in [2.24, 2.45) is 0 Å². The molecule has 8 nitrogen and oxygen atoms in total. The standard InChI is InChI=1S/C20H19N3O5/c1-12-7-8-14(9-13(12)2)21-20(26)22-18(24)11-27-19(25)10-16-15-5-3-4-6-17(15)28-23-16/h3-9H,10-11H2,1-2H3,(H2,21,22,24,26). The molecule has 1 heterocycles. The number of nitrogens with one attached hydrogen (secondary N) is 2. The topological polar surface area (TPSA) is 111 Å². The van der Waals surface area contributed by atoms with Crippen LogP contribution in [0.2, 0.25) is 0 Å². The molecule has 0 saturated carbocycles. The molecule has 0 aliphatic carbocycles. The van der Waals surface area contributed by atoms with Crippen LogP contribution in [0.25, 0.3) is 11.0 Å². The molecule has 3 aromatic rings. The van der Waals surface area contributed by atoms with Crippen LogP contribution < -0.4 is 10.6 Å². The smallest absolute Gasteiger partial charge is 0.325 e. The average Bonchev–Trinajstić information content (AvgIpc) is 3.06. The van der Waals surface area contributed by atoms with Crippen LogP contribution in [0.4, 0.5) is 10.5 Å². The normalized spacial score (nSPS) is 10.5. The molecule has 0 radical (unpaired) electrons. The number of carbonyl (C=O) groups is 3. The van der Waals surface area contributed by atoms with Crippen molar-refractivity contribution in [3.05, 3.63) is 59.3 Å². The summed E-state index contributed by atoms with van der Waals surface area (Å²) in [5, 5.41) is 9.19. The van der Waals surface area contributed by atoms with Crippen molar-refractivity contribution in [1.82, 2.24) is 10.5 Å². The minimum Gasteiger partial charge on any atom is -0.455 e. The number of urea groups is 1. The largest absolute Gasteiger partial charge is 0.455 e. The summed E-state index contributed by atoms with van der Waals surface area (Å²) in [6.45, 7) is 3.30. The lowest BCUT2D eigenvalue weighted by atomic mass is 10.1. The van der Waals surface area contributed by atoms with Gasteiger partial charge in [-0.05, 0) is 49.2 Å². The Kier molecular flexibility index (Phi) is 5.69. The molecule has 2 aromatic carbocycles. The fourth-order valence-electron chi connectivity index (χ4n) is 2.54. The highest BCUT2D eigenvalue weighted by molar-refractivity contribution is 6.02. The van der Waals surface area contributed by atoms with Crippen molar-refractivity contribution in [3.63, 3.8) is 0 Å². The highest BCUT2D eigenvalue weighted by Gasteiger charge is 2.15. The second kappa shape index (κ2) is 8.34. The molecular weight excluding hydrogens is 362 g/mol. The minimum atomic E-state index is -0.736. The molecular formula is C20H19N3O5. The summed E-state index contributed by atoms with van der Waals surface area (Å²) in [5.41, 5.74) is 3.65. The zero-order chi connectivity index (χ0) is 20.1. The lowest BCUT2D eigenvalue weighted by Gasteiger charge is -2.09. The number of aromatic nitrogens is 1. The lowest BCUT2D eigenvalue weighted by Crippen LogP contribution is -2.37. The number of amides is 3. The van der Waals surface area contributed by atoms with Crippen LogP contribution in [0.1, 0.15) is 16.8 Å². The first-order chi connectivity index (χ1) is 13.4. The van der Waals surface area contributed by atoms with Crippen molar-refractivity contribution < 1.29 is 23.6 Å². The summed E-state index contributed by atoms with van der Waals surface area (Å²) in [4.78, 5) is 35.6. The van der Waals surface area contributed by atoms with E-state index in [-0.39, 0.29) is 6.42 Å². The molecule has 144 valence electrons. The Morgan fingerprint density at radius 3 is 2.64 bits per heavy atom. The van der Waals surface area contributed by atoms with Crippen molar-refractivity contribution in [3.8, 4) is 0 Å². The van der Waals surface area contributed by atoms with E-state index in [0.29, 0.717) is 22.4 Å². The van der Waals surface area contributed by atoms with Crippen LogP contribution in [-0.4, -0.2) is 29.7 Å². The first-order valence-corrected chi connectivity index (χ1v) is 8.59. The van der Waals surface area contributed by atoms with Gasteiger partial charge in [0.05, 0.1) is 6.42 Å². The Labute approximate surface area is 160 Å². The van der Waals surface area contributed by atoms with E-state index in [9.17, 15) is 14.4 Å². The van der Waals surface area contributed by atoms with E-state index in [1.165, 1.54) is 0 Å². The Morgan fingerprint density at radius 2 is 1.86 bits per heavy atom. The number of hydrogen-bond donors (Lipinski definition) is 2. The van der Waals surface area contributed by atoms with Crippen molar-refractivity contribution in [1.29, 1.82) is 0 Å². The number of aryl methyl sites for hydroxylation is 2. The maximum atomic E-state index is 11.9. The summed E-state index contributed by atoms with van der Waals surface area (Å²) in [6.07, 6.45) is -0.140. The Morgan fingerprint density at radius 1 is 1.07 bits per heavy atom. The number of imide groups is 1. The first-order valence-electron chi connectivity index (χ1n) is 8.59. The molecule has 1 aromatic heterocycles. The molecule has 0 aliphatic heterocycles. The van der Waals surface area contributed by atoms with Gasteiger partial charge in [0.1, 0.15) is 5.69 Å². The predicted octanol–water partition coefficient (Wildman–Crippen LogP) is 2.88. The summed E-state index contributed by atoms with van der Waals surface area (Å²) in [5.74, 6) is -1.39. The van der Waals surface area contributed by atoms with Crippen LogP contribution in [0.5, 0.6) is 0 Å². The van der Waals surface area contributed by atoms with E-state index in [4.69, 9.17) is 9.26 Å². The van der Waals surface area contributed by atoms with Gasteiger partial charge in [0.25, 0.3) is 5.91 Å². The van der Waals surface area contributed by atoms with Crippen LogP contribution >= 0.6 is 0 Å². The maximum absolute atomic E-state index is 11.9. The second-order valence-corrected chi connectivity index (χ2v) is 6.26. The molecule has 0 aliphatic rings. The number of para-hydroxylation sites is 1. The van der Waals surface area contributed by atoms with E-state index in [1.807, 2.05) is 19.9 Å². The molecule has 3 amide bonds. The molecule has 0 fully saturated rings. The molecule has 2 N–H and O–H groups in total. The number of nitrogens with zero attached hydrogens (tertiary/aromatic N) is 1. The van der Waals surface area contributed by atoms with Gasteiger partial charge in [0, 0.05) is 11.1 Å². The Balaban J connectivity index is 1.46. The highest BCUT2D eigenvalue weighted by Crippen LogP contribution is 2.18. The summed E-state index contributed by atoms with van der Waals surface area (Å²) in [7, 11) is 0. The van der Waals surface area contributed by atoms with Gasteiger partial charge in [-0.1, -0.05) is 23.4 Å². The number of rotatable bonds is 5. The Bertz CT molecular complexity index is 1040. The zero-order valence-corrected chi connectivity index (χ0v) is 15.4. The number of benzene rings is 2. The van der Waals surface area contributed by atoms with E-state index >= 15 is 0 Å². The molecule has 0 unspecified atom stereocenters. The third kappa shape index (κ3) is 4.73. The quantitative estimate of drug-likeness (QED) is 0.658. The fourth-order valence-corrected chi connectivity index (χ4v) is 2.54. The molecule has 3 rings (SSSR count). The second-order valence-electron chi connectivity index (χ2n) is 6.26. The van der Waals surface area contributed by atoms with Gasteiger partial charge in [-0.15, -0.1) is 0 Å². The SMILES string of the molecule is Cc1ccc(NC(=O)NC(=O)COC(=O)Cc2noc3ccccc23)cc1C.